The van der Waals surface area contributed by atoms with Crippen LogP contribution in [0.2, 0.25) is 0 Å². The predicted octanol–water partition coefficient (Wildman–Crippen LogP) is 4.59. The minimum Gasteiger partial charge on any atom is -0.497 e. The molecule has 1 aromatic heterocycles. The van der Waals surface area contributed by atoms with Crippen molar-refractivity contribution < 1.29 is 14.3 Å². The molecule has 0 saturated carbocycles. The SMILES string of the molecule is COc1ccc(NC(=O)CSCc2csc(NC(=O)CCc3ccccc3)n2)cc1. The Hall–Kier alpha value is -2.84. The van der Waals surface area contributed by atoms with Crippen molar-refractivity contribution in [3.05, 3.63) is 71.2 Å². The molecule has 0 fully saturated rings. The number of carbonyl (C=O) groups is 2. The Kier molecular flexibility index (Phi) is 8.29. The summed E-state index contributed by atoms with van der Waals surface area (Å²) >= 11 is 2.87. The van der Waals surface area contributed by atoms with Gasteiger partial charge in [0.15, 0.2) is 5.13 Å². The number of thioether (sulfide) groups is 1. The van der Waals surface area contributed by atoms with E-state index in [9.17, 15) is 9.59 Å². The highest BCUT2D eigenvalue weighted by Crippen LogP contribution is 2.20. The zero-order valence-electron chi connectivity index (χ0n) is 16.6. The number of methoxy groups -OCH3 is 1. The summed E-state index contributed by atoms with van der Waals surface area (Å²) in [5, 5.41) is 8.18. The quantitative estimate of drug-likeness (QED) is 0.481. The van der Waals surface area contributed by atoms with Gasteiger partial charge in [-0.3, -0.25) is 9.59 Å². The maximum Gasteiger partial charge on any atom is 0.234 e. The number of nitrogens with zero attached hydrogens (tertiary/aromatic N) is 1. The van der Waals surface area contributed by atoms with Gasteiger partial charge < -0.3 is 15.4 Å². The number of carbonyl (C=O) groups excluding carboxylic acids is 2. The minimum absolute atomic E-state index is 0.0497. The van der Waals surface area contributed by atoms with Crippen LogP contribution in [0.1, 0.15) is 17.7 Å². The zero-order chi connectivity index (χ0) is 21.2. The first kappa shape index (κ1) is 21.9. The largest absolute Gasteiger partial charge is 0.497 e. The summed E-state index contributed by atoms with van der Waals surface area (Å²) in [6, 6.07) is 17.1. The molecule has 3 rings (SSSR count). The third-order valence-electron chi connectivity index (χ3n) is 4.14. The maximum absolute atomic E-state index is 12.1. The molecule has 156 valence electrons. The van der Waals surface area contributed by atoms with Gasteiger partial charge in [-0.25, -0.2) is 4.98 Å². The van der Waals surface area contributed by atoms with Gasteiger partial charge in [0.1, 0.15) is 5.75 Å². The van der Waals surface area contributed by atoms with Gasteiger partial charge in [-0.15, -0.1) is 23.1 Å². The van der Waals surface area contributed by atoms with Crippen LogP contribution in [0, 0.1) is 0 Å². The van der Waals surface area contributed by atoms with Crippen LogP contribution in [0.4, 0.5) is 10.8 Å². The summed E-state index contributed by atoms with van der Waals surface area (Å²) in [5.74, 6) is 1.55. The molecule has 2 aromatic carbocycles. The first-order chi connectivity index (χ1) is 14.6. The summed E-state index contributed by atoms with van der Waals surface area (Å²) < 4.78 is 5.10. The van der Waals surface area contributed by atoms with Gasteiger partial charge in [-0.05, 0) is 36.2 Å². The van der Waals surface area contributed by atoms with Gasteiger partial charge in [0.05, 0.1) is 18.6 Å². The minimum atomic E-state index is -0.0742. The van der Waals surface area contributed by atoms with Crippen LogP contribution in [0.3, 0.4) is 0 Å². The lowest BCUT2D eigenvalue weighted by atomic mass is 10.1. The van der Waals surface area contributed by atoms with E-state index in [4.69, 9.17) is 4.74 Å². The monoisotopic (exact) mass is 441 g/mol. The Morgan fingerprint density at radius 2 is 1.80 bits per heavy atom. The van der Waals surface area contributed by atoms with Gasteiger partial charge in [0.25, 0.3) is 0 Å². The number of hydrogen-bond donors (Lipinski definition) is 2. The highest BCUT2D eigenvalue weighted by Gasteiger charge is 2.09. The Morgan fingerprint density at radius 1 is 1.03 bits per heavy atom. The number of amides is 2. The fourth-order valence-corrected chi connectivity index (χ4v) is 4.18. The average molecular weight is 442 g/mol. The van der Waals surface area contributed by atoms with E-state index in [0.29, 0.717) is 29.5 Å². The summed E-state index contributed by atoms with van der Waals surface area (Å²) in [6.45, 7) is 0. The Labute approximate surface area is 184 Å². The second kappa shape index (κ2) is 11.4. The van der Waals surface area contributed by atoms with Crippen molar-refractivity contribution >= 4 is 45.7 Å². The molecule has 0 aliphatic carbocycles. The molecule has 0 aliphatic heterocycles. The molecule has 1 heterocycles. The van der Waals surface area contributed by atoms with E-state index < -0.39 is 0 Å². The van der Waals surface area contributed by atoms with E-state index in [1.807, 2.05) is 35.7 Å². The third kappa shape index (κ3) is 7.20. The number of aromatic nitrogens is 1. The molecule has 0 saturated heterocycles. The fourth-order valence-electron chi connectivity index (χ4n) is 2.63. The van der Waals surface area contributed by atoms with Gasteiger partial charge >= 0.3 is 0 Å². The van der Waals surface area contributed by atoms with Gasteiger partial charge in [-0.2, -0.15) is 0 Å². The Bertz CT molecular complexity index is 959. The van der Waals surface area contributed by atoms with Crippen molar-refractivity contribution in [2.75, 3.05) is 23.5 Å². The number of thiazole rings is 1. The molecular formula is C22H23N3O3S2. The topological polar surface area (TPSA) is 80.3 Å². The van der Waals surface area contributed by atoms with E-state index in [2.05, 4.69) is 15.6 Å². The number of benzene rings is 2. The average Bonchev–Trinajstić information content (AvgIpc) is 3.20. The zero-order valence-corrected chi connectivity index (χ0v) is 18.2. The van der Waals surface area contributed by atoms with Crippen molar-refractivity contribution in [2.45, 2.75) is 18.6 Å². The molecule has 0 aliphatic rings. The molecule has 0 spiro atoms. The molecule has 0 unspecified atom stereocenters. The number of hydrogen-bond acceptors (Lipinski definition) is 6. The molecule has 0 atom stereocenters. The van der Waals surface area contributed by atoms with E-state index in [0.717, 1.165) is 22.7 Å². The van der Waals surface area contributed by atoms with Crippen LogP contribution >= 0.6 is 23.1 Å². The number of aryl methyl sites for hydroxylation is 1. The van der Waals surface area contributed by atoms with Crippen LogP contribution in [-0.4, -0.2) is 29.7 Å². The van der Waals surface area contributed by atoms with Gasteiger partial charge in [-0.1, -0.05) is 30.3 Å². The molecule has 8 heteroatoms. The van der Waals surface area contributed by atoms with Crippen molar-refractivity contribution in [2.24, 2.45) is 0 Å². The van der Waals surface area contributed by atoms with Gasteiger partial charge in [0.2, 0.25) is 11.8 Å². The normalized spacial score (nSPS) is 10.4. The summed E-state index contributed by atoms with van der Waals surface area (Å²) in [4.78, 5) is 28.6. The molecule has 2 N–H and O–H groups in total. The fraction of sp³-hybridized carbons (Fsp3) is 0.227. The summed E-state index contributed by atoms with van der Waals surface area (Å²) in [7, 11) is 1.60. The number of ether oxygens (including phenoxy) is 1. The third-order valence-corrected chi connectivity index (χ3v) is 5.91. The first-order valence-corrected chi connectivity index (χ1v) is 11.5. The summed E-state index contributed by atoms with van der Waals surface area (Å²) in [5.41, 5.74) is 2.72. The molecule has 6 nitrogen and oxygen atoms in total. The highest BCUT2D eigenvalue weighted by molar-refractivity contribution is 7.99. The maximum atomic E-state index is 12.1. The number of anilines is 2. The second-order valence-corrected chi connectivity index (χ2v) is 8.29. The van der Waals surface area contributed by atoms with Crippen LogP contribution in [0.15, 0.2) is 60.0 Å². The number of nitrogens with one attached hydrogen (secondary N) is 2. The number of rotatable bonds is 10. The highest BCUT2D eigenvalue weighted by atomic mass is 32.2. The van der Waals surface area contributed by atoms with Crippen molar-refractivity contribution in [3.8, 4) is 5.75 Å². The van der Waals surface area contributed by atoms with E-state index in [1.54, 1.807) is 31.4 Å². The van der Waals surface area contributed by atoms with Gasteiger partial charge in [0, 0.05) is 23.2 Å². The van der Waals surface area contributed by atoms with Crippen molar-refractivity contribution in [3.63, 3.8) is 0 Å². The van der Waals surface area contributed by atoms with Crippen LogP contribution in [-0.2, 0) is 21.8 Å². The smallest absolute Gasteiger partial charge is 0.234 e. The molecule has 0 bridgehead atoms. The second-order valence-electron chi connectivity index (χ2n) is 6.45. The Balaban J connectivity index is 1.36. The first-order valence-electron chi connectivity index (χ1n) is 9.42. The molecule has 2 amide bonds. The molecular weight excluding hydrogens is 418 g/mol. The van der Waals surface area contributed by atoms with Crippen LogP contribution in [0.5, 0.6) is 5.75 Å². The van der Waals surface area contributed by atoms with Crippen LogP contribution < -0.4 is 15.4 Å². The van der Waals surface area contributed by atoms with E-state index >= 15 is 0 Å². The Morgan fingerprint density at radius 3 is 2.53 bits per heavy atom. The lowest BCUT2D eigenvalue weighted by molar-refractivity contribution is -0.116. The van der Waals surface area contributed by atoms with E-state index in [1.165, 1.54) is 23.1 Å². The lowest BCUT2D eigenvalue weighted by Gasteiger charge is -2.06. The standard InChI is InChI=1S/C22H23N3O3S2/c1-28-19-10-8-17(9-11-19)23-21(27)15-29-13-18-14-30-22(24-18)25-20(26)12-7-16-5-3-2-4-6-16/h2-6,8-11,14H,7,12-13,15H2,1H3,(H,23,27)(H,24,25,26). The summed E-state index contributed by atoms with van der Waals surface area (Å²) in [6.07, 6.45) is 1.11. The molecule has 3 aromatic rings. The molecule has 0 radical (unpaired) electrons. The lowest BCUT2D eigenvalue weighted by Crippen LogP contribution is -2.14. The van der Waals surface area contributed by atoms with E-state index in [-0.39, 0.29) is 11.8 Å². The molecule has 30 heavy (non-hydrogen) atoms. The van der Waals surface area contributed by atoms with Crippen LogP contribution in [0.25, 0.3) is 0 Å². The van der Waals surface area contributed by atoms with Crippen molar-refractivity contribution in [1.82, 2.24) is 4.98 Å². The predicted molar refractivity (Wildman–Crippen MR) is 123 cm³/mol. The van der Waals surface area contributed by atoms with Crippen molar-refractivity contribution in [1.29, 1.82) is 0 Å².